The van der Waals surface area contributed by atoms with Gasteiger partial charge in [-0.1, -0.05) is 36.4 Å². The van der Waals surface area contributed by atoms with Crippen LogP contribution >= 0.6 is 0 Å². The molecule has 0 unspecified atom stereocenters. The summed E-state index contributed by atoms with van der Waals surface area (Å²) in [7, 11) is 3.14. The molecule has 1 N–H and O–H groups in total. The fourth-order valence-electron chi connectivity index (χ4n) is 3.51. The second kappa shape index (κ2) is 9.26. The first-order chi connectivity index (χ1) is 13.6. The van der Waals surface area contributed by atoms with Crippen LogP contribution in [-0.4, -0.2) is 43.5 Å². The van der Waals surface area contributed by atoms with E-state index < -0.39 is 6.04 Å². The lowest BCUT2D eigenvalue weighted by molar-refractivity contribution is -0.138. The molecule has 0 saturated carbocycles. The minimum atomic E-state index is -0.406. The number of rotatable bonds is 7. The summed E-state index contributed by atoms with van der Waals surface area (Å²) < 4.78 is 10.5. The molecule has 0 aromatic heterocycles. The number of hydrogen-bond donors (Lipinski definition) is 1. The van der Waals surface area contributed by atoms with E-state index in [9.17, 15) is 9.59 Å². The summed E-state index contributed by atoms with van der Waals surface area (Å²) in [6.45, 7) is 1.07. The van der Waals surface area contributed by atoms with Crippen LogP contribution in [0.5, 0.6) is 11.5 Å². The number of carbonyl (C=O) groups excluding carboxylic acids is 2. The van der Waals surface area contributed by atoms with Crippen LogP contribution in [0.25, 0.3) is 0 Å². The van der Waals surface area contributed by atoms with Crippen LogP contribution in [0.3, 0.4) is 0 Å². The molecule has 1 atom stereocenters. The molecule has 0 radical (unpaired) electrons. The molecule has 0 aliphatic carbocycles. The Morgan fingerprint density at radius 1 is 1.04 bits per heavy atom. The molecule has 1 fully saturated rings. The van der Waals surface area contributed by atoms with Crippen LogP contribution < -0.4 is 14.8 Å². The van der Waals surface area contributed by atoms with Crippen LogP contribution in [0.15, 0.2) is 48.5 Å². The van der Waals surface area contributed by atoms with E-state index >= 15 is 0 Å². The highest BCUT2D eigenvalue weighted by Crippen LogP contribution is 2.28. The van der Waals surface area contributed by atoms with E-state index in [1.165, 1.54) is 0 Å². The third kappa shape index (κ3) is 4.63. The highest BCUT2D eigenvalue weighted by molar-refractivity contribution is 5.89. The Hall–Kier alpha value is -3.02. The molecule has 1 heterocycles. The van der Waals surface area contributed by atoms with Crippen molar-refractivity contribution in [3.63, 3.8) is 0 Å². The van der Waals surface area contributed by atoms with Crippen molar-refractivity contribution < 1.29 is 19.1 Å². The maximum Gasteiger partial charge on any atom is 0.243 e. The average molecular weight is 382 g/mol. The topological polar surface area (TPSA) is 67.9 Å². The molecule has 0 bridgehead atoms. The first-order valence-electron chi connectivity index (χ1n) is 9.44. The molecular weight excluding hydrogens is 356 g/mol. The predicted octanol–water partition coefficient (Wildman–Crippen LogP) is 2.55. The number of nitrogens with one attached hydrogen (secondary N) is 1. The molecule has 28 heavy (non-hydrogen) atoms. The van der Waals surface area contributed by atoms with Gasteiger partial charge in [0, 0.05) is 13.1 Å². The summed E-state index contributed by atoms with van der Waals surface area (Å²) >= 11 is 0. The fourth-order valence-corrected chi connectivity index (χ4v) is 3.51. The van der Waals surface area contributed by atoms with Gasteiger partial charge in [-0.25, -0.2) is 0 Å². The first kappa shape index (κ1) is 19.7. The first-order valence-corrected chi connectivity index (χ1v) is 9.44. The highest BCUT2D eigenvalue weighted by Gasteiger charge is 2.33. The predicted molar refractivity (Wildman–Crippen MR) is 106 cm³/mol. The number of ether oxygens (including phenoxy) is 2. The molecule has 1 saturated heterocycles. The standard InChI is InChI=1S/C22H26N2O4/c1-27-19-11-10-17(13-20(19)28-2)14-21(25)24-12-6-9-18(24)22(26)23-15-16-7-4-3-5-8-16/h3-5,7-8,10-11,13,18H,6,9,12,14-15H2,1-2H3,(H,23,26)/t18-/m0/s1. The van der Waals surface area contributed by atoms with Crippen molar-refractivity contribution in [3.8, 4) is 11.5 Å². The molecule has 2 aromatic rings. The quantitative estimate of drug-likeness (QED) is 0.799. The van der Waals surface area contributed by atoms with Gasteiger partial charge in [0.25, 0.3) is 0 Å². The van der Waals surface area contributed by atoms with E-state index in [4.69, 9.17) is 9.47 Å². The summed E-state index contributed by atoms with van der Waals surface area (Å²) in [6.07, 6.45) is 1.75. The Bertz CT molecular complexity index is 823. The van der Waals surface area contributed by atoms with Crippen LogP contribution in [0.2, 0.25) is 0 Å². The molecular formula is C22H26N2O4. The van der Waals surface area contributed by atoms with E-state index in [2.05, 4.69) is 5.32 Å². The van der Waals surface area contributed by atoms with Crippen LogP contribution in [-0.2, 0) is 22.6 Å². The molecule has 148 valence electrons. The smallest absolute Gasteiger partial charge is 0.243 e. The van der Waals surface area contributed by atoms with Crippen LogP contribution in [0, 0.1) is 0 Å². The van der Waals surface area contributed by atoms with Gasteiger partial charge in [-0.3, -0.25) is 9.59 Å². The summed E-state index contributed by atoms with van der Waals surface area (Å²) in [5.74, 6) is 1.07. The molecule has 2 amide bonds. The third-order valence-corrected chi connectivity index (χ3v) is 4.99. The van der Waals surface area contributed by atoms with E-state index in [0.717, 1.165) is 17.5 Å². The van der Waals surface area contributed by atoms with Gasteiger partial charge in [-0.05, 0) is 36.1 Å². The zero-order valence-electron chi connectivity index (χ0n) is 16.3. The number of nitrogens with zero attached hydrogens (tertiary/aromatic N) is 1. The van der Waals surface area contributed by atoms with Gasteiger partial charge in [-0.15, -0.1) is 0 Å². The number of hydrogen-bond acceptors (Lipinski definition) is 4. The van der Waals surface area contributed by atoms with Crippen molar-refractivity contribution in [2.45, 2.75) is 31.8 Å². The molecule has 1 aliphatic rings. The lowest BCUT2D eigenvalue weighted by atomic mass is 10.1. The molecule has 0 spiro atoms. The second-order valence-corrected chi connectivity index (χ2v) is 6.81. The Balaban J connectivity index is 1.61. The van der Waals surface area contributed by atoms with Gasteiger partial charge in [0.05, 0.1) is 20.6 Å². The molecule has 6 nitrogen and oxygen atoms in total. The van der Waals surface area contributed by atoms with Crippen molar-refractivity contribution in [3.05, 3.63) is 59.7 Å². The fraction of sp³-hybridized carbons (Fsp3) is 0.364. The van der Waals surface area contributed by atoms with Gasteiger partial charge in [0.1, 0.15) is 6.04 Å². The maximum atomic E-state index is 12.8. The van der Waals surface area contributed by atoms with E-state index in [1.54, 1.807) is 31.3 Å². The average Bonchev–Trinajstić information content (AvgIpc) is 3.23. The maximum absolute atomic E-state index is 12.8. The normalized spacial score (nSPS) is 15.9. The number of methoxy groups -OCH3 is 2. The van der Waals surface area contributed by atoms with Gasteiger partial charge in [0.15, 0.2) is 11.5 Å². The number of benzene rings is 2. The second-order valence-electron chi connectivity index (χ2n) is 6.81. The van der Waals surface area contributed by atoms with Crippen molar-refractivity contribution in [1.82, 2.24) is 10.2 Å². The van der Waals surface area contributed by atoms with E-state index in [0.29, 0.717) is 31.0 Å². The lowest BCUT2D eigenvalue weighted by Gasteiger charge is -2.24. The number of carbonyl (C=O) groups is 2. The summed E-state index contributed by atoms with van der Waals surface area (Å²) in [5, 5.41) is 2.95. The Morgan fingerprint density at radius 3 is 2.50 bits per heavy atom. The van der Waals surface area contributed by atoms with Crippen LogP contribution in [0.1, 0.15) is 24.0 Å². The highest BCUT2D eigenvalue weighted by atomic mass is 16.5. The largest absolute Gasteiger partial charge is 0.493 e. The van der Waals surface area contributed by atoms with Gasteiger partial charge >= 0.3 is 0 Å². The lowest BCUT2D eigenvalue weighted by Crippen LogP contribution is -2.46. The van der Waals surface area contributed by atoms with Gasteiger partial charge < -0.3 is 19.7 Å². The van der Waals surface area contributed by atoms with Crippen molar-refractivity contribution >= 4 is 11.8 Å². The van der Waals surface area contributed by atoms with Gasteiger partial charge in [0.2, 0.25) is 11.8 Å². The van der Waals surface area contributed by atoms with Crippen molar-refractivity contribution in [2.75, 3.05) is 20.8 Å². The number of amides is 2. The van der Waals surface area contributed by atoms with E-state index in [-0.39, 0.29) is 18.2 Å². The Kier molecular flexibility index (Phi) is 6.53. The van der Waals surface area contributed by atoms with Crippen LogP contribution in [0.4, 0.5) is 0 Å². The summed E-state index contributed by atoms with van der Waals surface area (Å²) in [6, 6.07) is 14.8. The summed E-state index contributed by atoms with van der Waals surface area (Å²) in [5.41, 5.74) is 1.87. The van der Waals surface area contributed by atoms with Gasteiger partial charge in [-0.2, -0.15) is 0 Å². The van der Waals surface area contributed by atoms with E-state index in [1.807, 2.05) is 36.4 Å². The van der Waals surface area contributed by atoms with Crippen molar-refractivity contribution in [2.24, 2.45) is 0 Å². The zero-order valence-corrected chi connectivity index (χ0v) is 16.3. The molecule has 2 aromatic carbocycles. The Labute approximate surface area is 165 Å². The molecule has 6 heteroatoms. The Morgan fingerprint density at radius 2 is 1.79 bits per heavy atom. The zero-order chi connectivity index (χ0) is 19.9. The minimum Gasteiger partial charge on any atom is -0.493 e. The minimum absolute atomic E-state index is 0.0513. The SMILES string of the molecule is COc1ccc(CC(=O)N2CCC[C@H]2C(=O)NCc2ccccc2)cc1OC. The molecule has 1 aliphatic heterocycles. The van der Waals surface area contributed by atoms with Crippen molar-refractivity contribution in [1.29, 1.82) is 0 Å². The monoisotopic (exact) mass is 382 g/mol. The summed E-state index contributed by atoms with van der Waals surface area (Å²) in [4.78, 5) is 27.2. The third-order valence-electron chi connectivity index (χ3n) is 4.99. The number of likely N-dealkylation sites (tertiary alicyclic amines) is 1. The molecule has 3 rings (SSSR count).